The fourth-order valence-corrected chi connectivity index (χ4v) is 0.519. The second kappa shape index (κ2) is 6.11. The molecule has 1 heterocycles. The molecule has 0 saturated heterocycles. The molecule has 0 aliphatic carbocycles. The van der Waals surface area contributed by atoms with Crippen LogP contribution in [0.1, 0.15) is 5.56 Å². The second-order valence-electron chi connectivity index (χ2n) is 1.90. The van der Waals surface area contributed by atoms with Crippen molar-refractivity contribution >= 4 is 6.09 Å². The van der Waals surface area contributed by atoms with E-state index in [1.807, 2.05) is 12.1 Å². The van der Waals surface area contributed by atoms with Gasteiger partial charge < -0.3 is 16.6 Å². The maximum absolute atomic E-state index is 8.78. The highest BCUT2D eigenvalue weighted by Gasteiger charge is 1.80. The fraction of sp³-hybridized carbons (Fsp3) is 0.143. The summed E-state index contributed by atoms with van der Waals surface area (Å²) in [6.45, 7) is 0.600. The molecule has 1 aromatic heterocycles. The van der Waals surface area contributed by atoms with E-state index in [9.17, 15) is 0 Å². The molecule has 1 rings (SSSR count). The summed E-state index contributed by atoms with van der Waals surface area (Å²) >= 11 is 0. The number of pyridine rings is 1. The van der Waals surface area contributed by atoms with Crippen LogP contribution in [0.2, 0.25) is 0 Å². The monoisotopic (exact) mass is 169 g/mol. The highest BCUT2D eigenvalue weighted by Crippen LogP contribution is 1.91. The van der Waals surface area contributed by atoms with Gasteiger partial charge >= 0.3 is 6.09 Å². The number of hydrogen-bond donors (Lipinski definition) is 3. The smallest absolute Gasteiger partial charge is 0.402 e. The van der Waals surface area contributed by atoms with Gasteiger partial charge in [-0.3, -0.25) is 4.98 Å². The predicted molar refractivity (Wildman–Crippen MR) is 44.3 cm³/mol. The largest absolute Gasteiger partial charge is 0.465 e. The number of nitrogens with zero attached hydrogens (tertiary/aromatic N) is 1. The van der Waals surface area contributed by atoms with Crippen LogP contribution in [0.25, 0.3) is 0 Å². The third kappa shape index (κ3) is 6.50. The van der Waals surface area contributed by atoms with Gasteiger partial charge in [-0.1, -0.05) is 0 Å². The van der Waals surface area contributed by atoms with Gasteiger partial charge in [0.1, 0.15) is 0 Å². The van der Waals surface area contributed by atoms with Crippen LogP contribution in [-0.2, 0) is 6.54 Å². The molecular formula is C7H11N3O2. The Labute approximate surface area is 70.0 Å². The van der Waals surface area contributed by atoms with Gasteiger partial charge in [-0.05, 0) is 17.7 Å². The first-order valence-electron chi connectivity index (χ1n) is 3.24. The van der Waals surface area contributed by atoms with Crippen molar-refractivity contribution in [2.24, 2.45) is 11.5 Å². The topological polar surface area (TPSA) is 102 Å². The van der Waals surface area contributed by atoms with E-state index in [2.05, 4.69) is 10.7 Å². The Bertz CT molecular complexity index is 221. The molecule has 0 fully saturated rings. The zero-order valence-electron chi connectivity index (χ0n) is 6.47. The summed E-state index contributed by atoms with van der Waals surface area (Å²) in [5.74, 6) is 0. The molecule has 0 saturated carbocycles. The molecule has 1 aromatic rings. The molecule has 0 unspecified atom stereocenters. The fourth-order valence-electron chi connectivity index (χ4n) is 0.519. The van der Waals surface area contributed by atoms with Crippen molar-refractivity contribution in [3.8, 4) is 0 Å². The van der Waals surface area contributed by atoms with E-state index in [1.54, 1.807) is 12.4 Å². The van der Waals surface area contributed by atoms with Gasteiger partial charge in [-0.2, -0.15) is 0 Å². The molecule has 0 spiro atoms. The van der Waals surface area contributed by atoms with E-state index in [0.29, 0.717) is 6.54 Å². The molecule has 5 N–H and O–H groups in total. The summed E-state index contributed by atoms with van der Waals surface area (Å²) in [5, 5.41) is 7.19. The number of primary amides is 1. The summed E-state index contributed by atoms with van der Waals surface area (Å²) in [5.41, 5.74) is 10.5. The molecular weight excluding hydrogens is 158 g/mol. The van der Waals surface area contributed by atoms with Gasteiger partial charge in [0.15, 0.2) is 0 Å². The number of rotatable bonds is 1. The molecule has 0 aliphatic heterocycles. The Morgan fingerprint density at radius 1 is 1.50 bits per heavy atom. The predicted octanol–water partition coefficient (Wildman–Crippen LogP) is 0.163. The lowest BCUT2D eigenvalue weighted by atomic mass is 10.3. The molecule has 0 bridgehead atoms. The van der Waals surface area contributed by atoms with Crippen molar-refractivity contribution < 1.29 is 9.90 Å². The molecule has 5 nitrogen and oxygen atoms in total. The highest BCUT2D eigenvalue weighted by molar-refractivity contribution is 5.61. The summed E-state index contributed by atoms with van der Waals surface area (Å²) in [6, 6.07) is 3.81. The minimum Gasteiger partial charge on any atom is -0.465 e. The van der Waals surface area contributed by atoms with Crippen molar-refractivity contribution in [2.45, 2.75) is 6.54 Å². The molecule has 12 heavy (non-hydrogen) atoms. The Morgan fingerprint density at radius 2 is 1.92 bits per heavy atom. The minimum atomic E-state index is -1.33. The lowest BCUT2D eigenvalue weighted by Crippen LogP contribution is -2.03. The maximum Gasteiger partial charge on any atom is 0.402 e. The van der Waals surface area contributed by atoms with E-state index in [1.165, 1.54) is 0 Å². The third-order valence-electron chi connectivity index (χ3n) is 0.985. The molecule has 0 radical (unpaired) electrons. The first-order valence-corrected chi connectivity index (χ1v) is 3.24. The number of amides is 1. The molecule has 0 aliphatic rings. The Balaban J connectivity index is 0.000000261. The van der Waals surface area contributed by atoms with Crippen LogP contribution in [-0.4, -0.2) is 16.2 Å². The Morgan fingerprint density at radius 3 is 2.17 bits per heavy atom. The molecule has 5 heteroatoms. The van der Waals surface area contributed by atoms with E-state index < -0.39 is 6.09 Å². The zero-order chi connectivity index (χ0) is 9.40. The van der Waals surface area contributed by atoms with Crippen molar-refractivity contribution in [3.63, 3.8) is 0 Å². The van der Waals surface area contributed by atoms with Gasteiger partial charge in [0, 0.05) is 18.9 Å². The molecule has 66 valence electrons. The first kappa shape index (κ1) is 10.4. The third-order valence-corrected chi connectivity index (χ3v) is 0.985. The van der Waals surface area contributed by atoms with Crippen LogP contribution in [0, 0.1) is 0 Å². The number of hydrogen-bond acceptors (Lipinski definition) is 3. The lowest BCUT2D eigenvalue weighted by Gasteiger charge is -1.89. The van der Waals surface area contributed by atoms with Crippen LogP contribution >= 0.6 is 0 Å². The summed E-state index contributed by atoms with van der Waals surface area (Å²) in [4.78, 5) is 12.6. The molecule has 0 aromatic carbocycles. The number of nitrogens with two attached hydrogens (primary N) is 2. The van der Waals surface area contributed by atoms with Gasteiger partial charge in [-0.25, -0.2) is 4.79 Å². The zero-order valence-corrected chi connectivity index (χ0v) is 6.47. The molecule has 0 atom stereocenters. The minimum absolute atomic E-state index is 0.600. The quantitative estimate of drug-likeness (QED) is 0.557. The summed E-state index contributed by atoms with van der Waals surface area (Å²) < 4.78 is 0. The maximum atomic E-state index is 8.78. The average molecular weight is 169 g/mol. The summed E-state index contributed by atoms with van der Waals surface area (Å²) in [7, 11) is 0. The number of carboxylic acid groups (broad SMARTS) is 1. The second-order valence-corrected chi connectivity index (χ2v) is 1.90. The van der Waals surface area contributed by atoms with Gasteiger partial charge in [-0.15, -0.1) is 0 Å². The van der Waals surface area contributed by atoms with Gasteiger partial charge in [0.05, 0.1) is 0 Å². The van der Waals surface area contributed by atoms with Crippen LogP contribution in [0.5, 0.6) is 0 Å². The van der Waals surface area contributed by atoms with Crippen molar-refractivity contribution in [2.75, 3.05) is 0 Å². The SMILES string of the molecule is NC(=O)O.NCc1ccncc1. The van der Waals surface area contributed by atoms with E-state index in [-0.39, 0.29) is 0 Å². The number of carbonyl (C=O) groups is 1. The average Bonchev–Trinajstić information content (AvgIpc) is 2.05. The van der Waals surface area contributed by atoms with E-state index >= 15 is 0 Å². The van der Waals surface area contributed by atoms with Crippen LogP contribution in [0.3, 0.4) is 0 Å². The van der Waals surface area contributed by atoms with Crippen LogP contribution in [0.15, 0.2) is 24.5 Å². The summed E-state index contributed by atoms with van der Waals surface area (Å²) in [6.07, 6.45) is 2.14. The van der Waals surface area contributed by atoms with Gasteiger partial charge in [0.2, 0.25) is 0 Å². The standard InChI is InChI=1S/C6H8N2.CH3NO2/c7-5-6-1-3-8-4-2-6;2-1(3)4/h1-4H,5,7H2;2H2,(H,3,4). The Hall–Kier alpha value is -1.62. The van der Waals surface area contributed by atoms with Crippen molar-refractivity contribution in [3.05, 3.63) is 30.1 Å². The van der Waals surface area contributed by atoms with Crippen LogP contribution in [0.4, 0.5) is 4.79 Å². The van der Waals surface area contributed by atoms with Crippen molar-refractivity contribution in [1.82, 2.24) is 4.98 Å². The highest BCUT2D eigenvalue weighted by atomic mass is 16.4. The first-order chi connectivity index (χ1) is 5.66. The van der Waals surface area contributed by atoms with E-state index in [4.69, 9.17) is 15.6 Å². The number of aromatic nitrogens is 1. The Kier molecular flexibility index (Phi) is 5.29. The molecule has 1 amide bonds. The van der Waals surface area contributed by atoms with Gasteiger partial charge in [0.25, 0.3) is 0 Å². The van der Waals surface area contributed by atoms with E-state index in [0.717, 1.165) is 5.56 Å². The van der Waals surface area contributed by atoms with Crippen molar-refractivity contribution in [1.29, 1.82) is 0 Å². The normalized spacial score (nSPS) is 8.08. The van der Waals surface area contributed by atoms with Crippen LogP contribution < -0.4 is 11.5 Å². The lowest BCUT2D eigenvalue weighted by molar-refractivity contribution is 0.205.